The van der Waals surface area contributed by atoms with E-state index in [1.807, 2.05) is 30.3 Å². The molecule has 5 nitrogen and oxygen atoms in total. The van der Waals surface area contributed by atoms with Crippen LogP contribution in [0.4, 0.5) is 0 Å². The number of carbonyl (C=O) groups excluding carboxylic acids is 1. The van der Waals surface area contributed by atoms with Crippen LogP contribution in [0.25, 0.3) is 0 Å². The van der Waals surface area contributed by atoms with E-state index in [0.29, 0.717) is 26.2 Å². The van der Waals surface area contributed by atoms with Gasteiger partial charge in [-0.05, 0) is 24.9 Å². The van der Waals surface area contributed by atoms with Gasteiger partial charge in [0.15, 0.2) is 0 Å². The first-order valence-electron chi connectivity index (χ1n) is 6.99. The molecule has 1 amide bonds. The van der Waals surface area contributed by atoms with E-state index >= 15 is 0 Å². The van der Waals surface area contributed by atoms with Gasteiger partial charge >= 0.3 is 0 Å². The molecule has 0 bridgehead atoms. The highest BCUT2D eigenvalue weighted by Gasteiger charge is 2.09. The minimum atomic E-state index is -0.0114. The Kier molecular flexibility index (Phi) is 8.62. The Morgan fingerprint density at radius 2 is 2.10 bits per heavy atom. The SMILES string of the molecule is COCC(CCCN)NCC(=O)NCc1ccccc1. The molecule has 0 heterocycles. The van der Waals surface area contributed by atoms with Crippen LogP contribution in [0.3, 0.4) is 0 Å². The van der Waals surface area contributed by atoms with Crippen molar-refractivity contribution >= 4 is 5.91 Å². The third-order valence-electron chi connectivity index (χ3n) is 3.01. The van der Waals surface area contributed by atoms with Crippen molar-refractivity contribution in [2.24, 2.45) is 5.73 Å². The number of ether oxygens (including phenoxy) is 1. The van der Waals surface area contributed by atoms with E-state index in [-0.39, 0.29) is 11.9 Å². The fourth-order valence-corrected chi connectivity index (χ4v) is 1.91. The first-order valence-corrected chi connectivity index (χ1v) is 6.99. The quantitative estimate of drug-likeness (QED) is 0.587. The number of carbonyl (C=O) groups is 1. The van der Waals surface area contributed by atoms with Crippen molar-refractivity contribution in [3.63, 3.8) is 0 Å². The van der Waals surface area contributed by atoms with Gasteiger partial charge in [-0.2, -0.15) is 0 Å². The Morgan fingerprint density at radius 3 is 2.75 bits per heavy atom. The summed E-state index contributed by atoms with van der Waals surface area (Å²) in [5.41, 5.74) is 6.59. The molecule has 0 radical (unpaired) electrons. The van der Waals surface area contributed by atoms with Crippen LogP contribution in [-0.4, -0.2) is 38.8 Å². The number of methoxy groups -OCH3 is 1. The predicted octanol–water partition coefficient (Wildman–Crippen LogP) is 0.646. The van der Waals surface area contributed by atoms with Gasteiger partial charge in [-0.3, -0.25) is 4.79 Å². The average molecular weight is 279 g/mol. The van der Waals surface area contributed by atoms with E-state index in [9.17, 15) is 4.79 Å². The standard InChI is InChI=1S/C15H25N3O2/c1-20-12-14(8-5-9-16)17-11-15(19)18-10-13-6-3-2-4-7-13/h2-4,6-7,14,17H,5,8-12,16H2,1H3,(H,18,19). The molecule has 1 aromatic rings. The third kappa shape index (κ3) is 7.23. The van der Waals surface area contributed by atoms with E-state index in [4.69, 9.17) is 10.5 Å². The number of benzene rings is 1. The zero-order valence-electron chi connectivity index (χ0n) is 12.1. The maximum Gasteiger partial charge on any atom is 0.234 e. The molecule has 1 atom stereocenters. The Bertz CT molecular complexity index is 371. The molecule has 5 heteroatoms. The molecular formula is C15H25N3O2. The Hall–Kier alpha value is -1.43. The lowest BCUT2D eigenvalue weighted by molar-refractivity contribution is -0.120. The van der Waals surface area contributed by atoms with E-state index in [2.05, 4.69) is 10.6 Å². The second-order valence-corrected chi connectivity index (χ2v) is 4.73. The highest BCUT2D eigenvalue weighted by Crippen LogP contribution is 1.98. The molecular weight excluding hydrogens is 254 g/mol. The summed E-state index contributed by atoms with van der Waals surface area (Å²) in [6.07, 6.45) is 1.84. The predicted molar refractivity (Wildman–Crippen MR) is 80.2 cm³/mol. The lowest BCUT2D eigenvalue weighted by Gasteiger charge is -2.17. The molecule has 1 unspecified atom stereocenters. The number of rotatable bonds is 10. The Labute approximate surface area is 120 Å². The number of nitrogens with one attached hydrogen (secondary N) is 2. The van der Waals surface area contributed by atoms with Crippen LogP contribution in [0, 0.1) is 0 Å². The molecule has 0 aliphatic heterocycles. The minimum Gasteiger partial charge on any atom is -0.383 e. The summed E-state index contributed by atoms with van der Waals surface area (Å²) in [5, 5.41) is 6.08. The monoisotopic (exact) mass is 279 g/mol. The second kappa shape index (κ2) is 10.4. The van der Waals surface area contributed by atoms with Crippen LogP contribution in [0.2, 0.25) is 0 Å². The van der Waals surface area contributed by atoms with Crippen LogP contribution < -0.4 is 16.4 Å². The van der Waals surface area contributed by atoms with E-state index < -0.39 is 0 Å². The first-order chi connectivity index (χ1) is 9.76. The van der Waals surface area contributed by atoms with Crippen LogP contribution in [0.1, 0.15) is 18.4 Å². The average Bonchev–Trinajstić information content (AvgIpc) is 2.49. The molecule has 0 aliphatic carbocycles. The number of amides is 1. The largest absolute Gasteiger partial charge is 0.383 e. The van der Waals surface area contributed by atoms with E-state index in [1.165, 1.54) is 0 Å². The fourth-order valence-electron chi connectivity index (χ4n) is 1.91. The maximum absolute atomic E-state index is 11.8. The topological polar surface area (TPSA) is 76.4 Å². The van der Waals surface area contributed by atoms with Crippen LogP contribution >= 0.6 is 0 Å². The summed E-state index contributed by atoms with van der Waals surface area (Å²) in [6.45, 7) is 2.10. The molecule has 0 spiro atoms. The van der Waals surface area contributed by atoms with Crippen LogP contribution in [0.5, 0.6) is 0 Å². The van der Waals surface area contributed by atoms with Gasteiger partial charge in [0.2, 0.25) is 5.91 Å². The fraction of sp³-hybridized carbons (Fsp3) is 0.533. The summed E-state index contributed by atoms with van der Waals surface area (Å²) in [6, 6.07) is 10.0. The van der Waals surface area contributed by atoms with Gasteiger partial charge in [0.05, 0.1) is 13.2 Å². The summed E-state index contributed by atoms with van der Waals surface area (Å²) in [7, 11) is 1.66. The number of nitrogens with two attached hydrogens (primary N) is 1. The van der Waals surface area contributed by atoms with Crippen molar-refractivity contribution in [3.05, 3.63) is 35.9 Å². The molecule has 0 aliphatic rings. The van der Waals surface area contributed by atoms with Crippen molar-refractivity contribution in [1.29, 1.82) is 0 Å². The lowest BCUT2D eigenvalue weighted by atomic mass is 10.1. The van der Waals surface area contributed by atoms with Gasteiger partial charge in [-0.1, -0.05) is 30.3 Å². The molecule has 112 valence electrons. The third-order valence-corrected chi connectivity index (χ3v) is 3.01. The molecule has 20 heavy (non-hydrogen) atoms. The highest BCUT2D eigenvalue weighted by atomic mass is 16.5. The summed E-state index contributed by atoms with van der Waals surface area (Å²) in [4.78, 5) is 11.8. The van der Waals surface area contributed by atoms with Crippen LogP contribution in [-0.2, 0) is 16.1 Å². The van der Waals surface area contributed by atoms with Crippen molar-refractivity contribution < 1.29 is 9.53 Å². The van der Waals surface area contributed by atoms with Gasteiger partial charge in [-0.25, -0.2) is 0 Å². The van der Waals surface area contributed by atoms with Gasteiger partial charge in [0.1, 0.15) is 0 Å². The van der Waals surface area contributed by atoms with Gasteiger partial charge in [-0.15, -0.1) is 0 Å². The summed E-state index contributed by atoms with van der Waals surface area (Å²) < 4.78 is 5.13. The molecule has 0 saturated carbocycles. The zero-order chi connectivity index (χ0) is 14.6. The summed E-state index contributed by atoms with van der Waals surface area (Å²) >= 11 is 0. The van der Waals surface area contributed by atoms with E-state index in [1.54, 1.807) is 7.11 Å². The van der Waals surface area contributed by atoms with Crippen molar-refractivity contribution in [2.75, 3.05) is 26.8 Å². The molecule has 0 saturated heterocycles. The number of hydrogen-bond acceptors (Lipinski definition) is 4. The summed E-state index contributed by atoms with van der Waals surface area (Å²) in [5.74, 6) is -0.0114. The normalized spacial score (nSPS) is 12.1. The highest BCUT2D eigenvalue weighted by molar-refractivity contribution is 5.78. The van der Waals surface area contributed by atoms with Gasteiger partial charge in [0.25, 0.3) is 0 Å². The van der Waals surface area contributed by atoms with Crippen molar-refractivity contribution in [1.82, 2.24) is 10.6 Å². The zero-order valence-corrected chi connectivity index (χ0v) is 12.1. The minimum absolute atomic E-state index is 0.0114. The Morgan fingerprint density at radius 1 is 1.35 bits per heavy atom. The second-order valence-electron chi connectivity index (χ2n) is 4.73. The smallest absolute Gasteiger partial charge is 0.234 e. The number of hydrogen-bond donors (Lipinski definition) is 3. The first kappa shape index (κ1) is 16.6. The lowest BCUT2D eigenvalue weighted by Crippen LogP contribution is -2.41. The van der Waals surface area contributed by atoms with Crippen LogP contribution in [0.15, 0.2) is 30.3 Å². The van der Waals surface area contributed by atoms with Crippen molar-refractivity contribution in [2.45, 2.75) is 25.4 Å². The van der Waals surface area contributed by atoms with Gasteiger partial charge < -0.3 is 21.1 Å². The van der Waals surface area contributed by atoms with Crippen molar-refractivity contribution in [3.8, 4) is 0 Å². The maximum atomic E-state index is 11.8. The molecule has 4 N–H and O–H groups in total. The molecule has 1 rings (SSSR count). The molecule has 0 fully saturated rings. The molecule has 1 aromatic carbocycles. The molecule has 0 aromatic heterocycles. The van der Waals surface area contributed by atoms with E-state index in [0.717, 1.165) is 18.4 Å². The van der Waals surface area contributed by atoms with Gasteiger partial charge in [0, 0.05) is 19.7 Å². The Balaban J connectivity index is 2.23.